The number of para-hydroxylation sites is 1. The van der Waals surface area contributed by atoms with Crippen molar-refractivity contribution in [2.24, 2.45) is 5.92 Å². The molecule has 1 fully saturated rings. The monoisotopic (exact) mass is 273 g/mol. The van der Waals surface area contributed by atoms with Crippen molar-refractivity contribution in [2.75, 3.05) is 19.7 Å². The molecule has 2 heterocycles. The Hall–Kier alpha value is -1.88. The fourth-order valence-electron chi connectivity index (χ4n) is 2.44. The molecule has 1 saturated heterocycles. The fraction of sp³-hybridized carbons (Fsp3) is 0.467. The van der Waals surface area contributed by atoms with Gasteiger partial charge in [-0.3, -0.25) is 0 Å². The highest BCUT2D eigenvalue weighted by atomic mass is 16.5. The number of benzene rings is 1. The van der Waals surface area contributed by atoms with Crippen molar-refractivity contribution in [3.63, 3.8) is 0 Å². The van der Waals surface area contributed by atoms with Crippen LogP contribution in [0.15, 0.2) is 34.9 Å². The van der Waals surface area contributed by atoms with Crippen LogP contribution in [0.3, 0.4) is 0 Å². The zero-order valence-corrected chi connectivity index (χ0v) is 11.6. The Morgan fingerprint density at radius 2 is 2.15 bits per heavy atom. The number of aromatic nitrogens is 2. The van der Waals surface area contributed by atoms with Crippen LogP contribution in [0.5, 0.6) is 5.75 Å². The Kier molecular flexibility index (Phi) is 3.97. The highest BCUT2D eigenvalue weighted by molar-refractivity contribution is 5.20. The molecule has 2 unspecified atom stereocenters. The molecule has 0 aliphatic carbocycles. The first-order chi connectivity index (χ1) is 9.83. The molecule has 20 heavy (non-hydrogen) atoms. The van der Waals surface area contributed by atoms with Crippen LogP contribution in [-0.4, -0.2) is 29.8 Å². The molecule has 1 aliphatic heterocycles. The minimum atomic E-state index is 0.339. The quantitative estimate of drug-likeness (QED) is 0.903. The van der Waals surface area contributed by atoms with Gasteiger partial charge in [0.1, 0.15) is 5.75 Å². The van der Waals surface area contributed by atoms with Crippen LogP contribution in [-0.2, 0) is 6.42 Å². The Balaban J connectivity index is 1.52. The van der Waals surface area contributed by atoms with Gasteiger partial charge in [0.15, 0.2) is 5.82 Å². The van der Waals surface area contributed by atoms with E-state index in [9.17, 15) is 0 Å². The molecule has 5 heteroatoms. The van der Waals surface area contributed by atoms with Crippen molar-refractivity contribution in [3.05, 3.63) is 42.0 Å². The summed E-state index contributed by atoms with van der Waals surface area (Å²) in [6.07, 6.45) is 0.660. The van der Waals surface area contributed by atoms with E-state index < -0.39 is 0 Å². The Morgan fingerprint density at radius 3 is 2.90 bits per heavy atom. The van der Waals surface area contributed by atoms with Crippen LogP contribution < -0.4 is 10.1 Å². The fourth-order valence-corrected chi connectivity index (χ4v) is 2.44. The van der Waals surface area contributed by atoms with Crippen molar-refractivity contribution < 1.29 is 9.26 Å². The summed E-state index contributed by atoms with van der Waals surface area (Å²) < 4.78 is 11.0. The predicted octanol–water partition coefficient (Wildman–Crippen LogP) is 2.01. The molecule has 2 atom stereocenters. The van der Waals surface area contributed by atoms with E-state index in [4.69, 9.17) is 9.26 Å². The molecule has 1 N–H and O–H groups in total. The summed E-state index contributed by atoms with van der Waals surface area (Å²) in [7, 11) is 0. The predicted molar refractivity (Wildman–Crippen MR) is 74.7 cm³/mol. The molecule has 106 valence electrons. The van der Waals surface area contributed by atoms with Gasteiger partial charge in [-0.1, -0.05) is 30.3 Å². The van der Waals surface area contributed by atoms with E-state index in [1.807, 2.05) is 30.3 Å². The van der Waals surface area contributed by atoms with E-state index in [1.54, 1.807) is 0 Å². The normalized spacial score (nSPS) is 22.1. The van der Waals surface area contributed by atoms with Crippen molar-refractivity contribution in [3.8, 4) is 5.75 Å². The molecule has 3 rings (SSSR count). The third-order valence-electron chi connectivity index (χ3n) is 3.66. The van der Waals surface area contributed by atoms with Crippen molar-refractivity contribution in [2.45, 2.75) is 19.3 Å². The summed E-state index contributed by atoms with van der Waals surface area (Å²) in [6.45, 7) is 4.69. The van der Waals surface area contributed by atoms with Gasteiger partial charge in [-0.2, -0.15) is 4.98 Å². The molecule has 0 spiro atoms. The number of rotatable bonds is 5. The largest absolute Gasteiger partial charge is 0.493 e. The van der Waals surface area contributed by atoms with E-state index in [2.05, 4.69) is 22.4 Å². The van der Waals surface area contributed by atoms with Crippen LogP contribution in [0.1, 0.15) is 24.6 Å². The maximum absolute atomic E-state index is 5.63. The lowest BCUT2D eigenvalue weighted by Crippen LogP contribution is -2.08. The third kappa shape index (κ3) is 2.99. The van der Waals surface area contributed by atoms with Gasteiger partial charge in [-0.25, -0.2) is 0 Å². The number of nitrogens with one attached hydrogen (secondary N) is 1. The van der Waals surface area contributed by atoms with Crippen LogP contribution in [0.25, 0.3) is 0 Å². The van der Waals surface area contributed by atoms with Crippen LogP contribution >= 0.6 is 0 Å². The van der Waals surface area contributed by atoms with Crippen molar-refractivity contribution in [1.82, 2.24) is 15.5 Å². The zero-order valence-electron chi connectivity index (χ0n) is 11.6. The lowest BCUT2D eigenvalue weighted by atomic mass is 9.98. The maximum Gasteiger partial charge on any atom is 0.231 e. The summed E-state index contributed by atoms with van der Waals surface area (Å²) >= 11 is 0. The van der Waals surface area contributed by atoms with E-state index in [1.165, 1.54) is 0 Å². The smallest absolute Gasteiger partial charge is 0.231 e. The SMILES string of the molecule is CC1CNCC1c1nc(CCOc2ccccc2)no1. The number of ether oxygens (including phenoxy) is 1. The highest BCUT2D eigenvalue weighted by Gasteiger charge is 2.29. The summed E-state index contributed by atoms with van der Waals surface area (Å²) in [5.41, 5.74) is 0. The minimum absolute atomic E-state index is 0.339. The first-order valence-corrected chi connectivity index (χ1v) is 7.04. The molecule has 0 amide bonds. The molecule has 1 aliphatic rings. The van der Waals surface area contributed by atoms with Gasteiger partial charge in [0.2, 0.25) is 5.89 Å². The number of hydrogen-bond donors (Lipinski definition) is 1. The van der Waals surface area contributed by atoms with Gasteiger partial charge >= 0.3 is 0 Å². The Morgan fingerprint density at radius 1 is 1.30 bits per heavy atom. The average molecular weight is 273 g/mol. The standard InChI is InChI=1S/C15H19N3O2/c1-11-9-16-10-13(11)15-17-14(18-20-15)7-8-19-12-5-3-2-4-6-12/h2-6,11,13,16H,7-10H2,1H3. The maximum atomic E-state index is 5.63. The molecule has 1 aromatic carbocycles. The molecule has 0 saturated carbocycles. The number of hydrogen-bond acceptors (Lipinski definition) is 5. The molecule has 0 radical (unpaired) electrons. The van der Waals surface area contributed by atoms with Gasteiger partial charge < -0.3 is 14.6 Å². The average Bonchev–Trinajstić information content (AvgIpc) is 3.09. The number of nitrogens with zero attached hydrogens (tertiary/aromatic N) is 2. The molecule has 5 nitrogen and oxygen atoms in total. The van der Waals surface area contributed by atoms with E-state index in [-0.39, 0.29) is 0 Å². The zero-order chi connectivity index (χ0) is 13.8. The van der Waals surface area contributed by atoms with Gasteiger partial charge in [-0.05, 0) is 24.6 Å². The molecule has 1 aromatic heterocycles. The second-order valence-corrected chi connectivity index (χ2v) is 5.20. The lowest BCUT2D eigenvalue weighted by Gasteiger charge is -2.07. The Labute approximate surface area is 118 Å². The van der Waals surface area contributed by atoms with Gasteiger partial charge in [0, 0.05) is 13.0 Å². The first-order valence-electron chi connectivity index (χ1n) is 7.04. The van der Waals surface area contributed by atoms with E-state index in [0.717, 1.165) is 30.6 Å². The first kappa shape index (κ1) is 13.1. The van der Waals surface area contributed by atoms with Gasteiger partial charge in [0.25, 0.3) is 0 Å². The van der Waals surface area contributed by atoms with Crippen molar-refractivity contribution >= 4 is 0 Å². The molecule has 0 bridgehead atoms. The third-order valence-corrected chi connectivity index (χ3v) is 3.66. The van der Waals surface area contributed by atoms with Crippen LogP contribution in [0.2, 0.25) is 0 Å². The van der Waals surface area contributed by atoms with E-state index >= 15 is 0 Å². The minimum Gasteiger partial charge on any atom is -0.493 e. The van der Waals surface area contributed by atoms with Gasteiger partial charge in [-0.15, -0.1) is 0 Å². The van der Waals surface area contributed by atoms with Gasteiger partial charge in [0.05, 0.1) is 12.5 Å². The molecular formula is C15H19N3O2. The second-order valence-electron chi connectivity index (χ2n) is 5.20. The van der Waals surface area contributed by atoms with Crippen molar-refractivity contribution in [1.29, 1.82) is 0 Å². The lowest BCUT2D eigenvalue weighted by molar-refractivity contribution is 0.310. The second kappa shape index (κ2) is 6.05. The summed E-state index contributed by atoms with van der Waals surface area (Å²) in [6, 6.07) is 9.75. The van der Waals surface area contributed by atoms with E-state index in [0.29, 0.717) is 24.9 Å². The molecular weight excluding hydrogens is 254 g/mol. The highest BCUT2D eigenvalue weighted by Crippen LogP contribution is 2.26. The molecule has 2 aromatic rings. The van der Waals surface area contributed by atoms with Crippen LogP contribution in [0, 0.1) is 5.92 Å². The van der Waals surface area contributed by atoms with Crippen LogP contribution in [0.4, 0.5) is 0 Å². The summed E-state index contributed by atoms with van der Waals surface area (Å²) in [5.74, 6) is 3.22. The Bertz CT molecular complexity index is 541. The topological polar surface area (TPSA) is 60.2 Å². The summed E-state index contributed by atoms with van der Waals surface area (Å²) in [4.78, 5) is 4.48. The summed E-state index contributed by atoms with van der Waals surface area (Å²) in [5, 5.41) is 7.37.